The molecule has 20 heavy (non-hydrogen) atoms. The minimum absolute atomic E-state index is 0.157. The van der Waals surface area contributed by atoms with Crippen LogP contribution in [-0.4, -0.2) is 23.1 Å². The van der Waals surface area contributed by atoms with E-state index < -0.39 is 0 Å². The Kier molecular flexibility index (Phi) is 4.75. The van der Waals surface area contributed by atoms with Crippen LogP contribution in [0.3, 0.4) is 0 Å². The van der Waals surface area contributed by atoms with Crippen LogP contribution in [0.1, 0.15) is 58.0 Å². The van der Waals surface area contributed by atoms with E-state index in [0.717, 1.165) is 6.54 Å². The second-order valence-electron chi connectivity index (χ2n) is 7.26. The molecule has 1 fully saturated rings. The Bertz CT molecular complexity index is 445. The van der Waals surface area contributed by atoms with Crippen molar-refractivity contribution in [2.24, 2.45) is 5.92 Å². The third-order valence-electron chi connectivity index (χ3n) is 3.98. The van der Waals surface area contributed by atoms with Crippen LogP contribution in [0.15, 0.2) is 0 Å². The van der Waals surface area contributed by atoms with Gasteiger partial charge < -0.3 is 10.2 Å². The zero-order chi connectivity index (χ0) is 14.9. The Morgan fingerprint density at radius 3 is 2.70 bits per heavy atom. The van der Waals surface area contributed by atoms with E-state index in [1.165, 1.54) is 35.1 Å². The van der Waals surface area contributed by atoms with Gasteiger partial charge in [0.2, 0.25) is 0 Å². The van der Waals surface area contributed by atoms with Crippen LogP contribution in [0.25, 0.3) is 0 Å². The number of anilines is 1. The Balaban J connectivity index is 2.10. The summed E-state index contributed by atoms with van der Waals surface area (Å²) in [6.07, 6.45) is 2.61. The maximum Gasteiger partial charge on any atom is 0.186 e. The maximum absolute atomic E-state index is 4.83. The van der Waals surface area contributed by atoms with Crippen molar-refractivity contribution in [3.05, 3.63) is 10.6 Å². The molecule has 0 bridgehead atoms. The molecule has 0 aromatic carbocycles. The number of aromatic nitrogens is 1. The summed E-state index contributed by atoms with van der Waals surface area (Å²) in [5, 5.41) is 4.80. The smallest absolute Gasteiger partial charge is 0.186 e. The molecule has 1 aliphatic heterocycles. The van der Waals surface area contributed by atoms with Crippen molar-refractivity contribution in [3.8, 4) is 0 Å². The molecule has 1 N–H and O–H groups in total. The number of hydrogen-bond donors (Lipinski definition) is 1. The first-order chi connectivity index (χ1) is 9.28. The minimum atomic E-state index is 0.157. The lowest BCUT2D eigenvalue weighted by Gasteiger charge is -2.27. The molecule has 0 radical (unpaired) electrons. The monoisotopic (exact) mass is 295 g/mol. The largest absolute Gasteiger partial charge is 0.345 e. The third kappa shape index (κ3) is 3.73. The van der Waals surface area contributed by atoms with Gasteiger partial charge in [0.05, 0.1) is 5.69 Å². The Hall–Kier alpha value is -0.610. The standard InChI is InChI=1S/C16H29N3S/c1-11(2)13-8-7-9-19(13)15-18-12(3)14(20-15)10-17-16(4,5)6/h11,13,17H,7-10H2,1-6H3. The normalized spacial score (nSPS) is 20.1. The van der Waals surface area contributed by atoms with E-state index in [-0.39, 0.29) is 5.54 Å². The molecular weight excluding hydrogens is 266 g/mol. The maximum atomic E-state index is 4.83. The first-order valence-electron chi connectivity index (χ1n) is 7.76. The van der Waals surface area contributed by atoms with E-state index in [0.29, 0.717) is 12.0 Å². The molecule has 0 amide bonds. The Labute approximate surface area is 127 Å². The van der Waals surface area contributed by atoms with Crippen molar-refractivity contribution in [2.45, 2.75) is 72.5 Å². The van der Waals surface area contributed by atoms with Crippen molar-refractivity contribution < 1.29 is 0 Å². The van der Waals surface area contributed by atoms with Crippen LogP contribution in [0, 0.1) is 12.8 Å². The topological polar surface area (TPSA) is 28.2 Å². The zero-order valence-electron chi connectivity index (χ0n) is 13.8. The van der Waals surface area contributed by atoms with E-state index in [1.54, 1.807) is 0 Å². The van der Waals surface area contributed by atoms with Gasteiger partial charge in [-0.25, -0.2) is 4.98 Å². The first kappa shape index (κ1) is 15.8. The fraction of sp³-hybridized carbons (Fsp3) is 0.812. The summed E-state index contributed by atoms with van der Waals surface area (Å²) in [7, 11) is 0. The molecular formula is C16H29N3S. The minimum Gasteiger partial charge on any atom is -0.345 e. The lowest BCUT2D eigenvalue weighted by molar-refractivity contribution is 0.425. The van der Waals surface area contributed by atoms with E-state index in [4.69, 9.17) is 4.98 Å². The summed E-state index contributed by atoms with van der Waals surface area (Å²) >= 11 is 1.87. The second-order valence-corrected chi connectivity index (χ2v) is 8.32. The summed E-state index contributed by atoms with van der Waals surface area (Å²) < 4.78 is 0. The van der Waals surface area contributed by atoms with Gasteiger partial charge in [-0.1, -0.05) is 13.8 Å². The molecule has 0 spiro atoms. The molecule has 2 heterocycles. The highest BCUT2D eigenvalue weighted by Gasteiger charge is 2.29. The van der Waals surface area contributed by atoms with Gasteiger partial charge in [0.25, 0.3) is 0 Å². The molecule has 3 nitrogen and oxygen atoms in total. The van der Waals surface area contributed by atoms with Crippen LogP contribution in [0.5, 0.6) is 0 Å². The van der Waals surface area contributed by atoms with E-state index in [9.17, 15) is 0 Å². The van der Waals surface area contributed by atoms with E-state index >= 15 is 0 Å². The van der Waals surface area contributed by atoms with Crippen molar-refractivity contribution >= 4 is 16.5 Å². The molecule has 1 aromatic rings. The first-order valence-corrected chi connectivity index (χ1v) is 8.57. The molecule has 4 heteroatoms. The summed E-state index contributed by atoms with van der Waals surface area (Å²) in [5.41, 5.74) is 1.35. The van der Waals surface area contributed by atoms with Crippen molar-refractivity contribution in [2.75, 3.05) is 11.4 Å². The SMILES string of the molecule is Cc1nc(N2CCCC2C(C)C)sc1CNC(C)(C)C. The summed E-state index contributed by atoms with van der Waals surface area (Å²) in [4.78, 5) is 8.74. The van der Waals surface area contributed by atoms with Gasteiger partial charge in [0.1, 0.15) is 0 Å². The van der Waals surface area contributed by atoms with Gasteiger partial charge in [-0.2, -0.15) is 0 Å². The summed E-state index contributed by atoms with van der Waals surface area (Å²) in [6, 6.07) is 0.670. The lowest BCUT2D eigenvalue weighted by atomic mass is 10.0. The number of rotatable bonds is 4. The average molecular weight is 295 g/mol. The van der Waals surface area contributed by atoms with Crippen LogP contribution in [0.2, 0.25) is 0 Å². The number of aryl methyl sites for hydroxylation is 1. The van der Waals surface area contributed by atoms with Crippen LogP contribution in [-0.2, 0) is 6.54 Å². The van der Waals surface area contributed by atoms with Crippen LogP contribution < -0.4 is 10.2 Å². The molecule has 1 saturated heterocycles. The lowest BCUT2D eigenvalue weighted by Crippen LogP contribution is -2.35. The second kappa shape index (κ2) is 6.02. The van der Waals surface area contributed by atoms with Gasteiger partial charge >= 0.3 is 0 Å². The van der Waals surface area contributed by atoms with E-state index in [2.05, 4.69) is 51.8 Å². The molecule has 1 unspecified atom stereocenters. The van der Waals surface area contributed by atoms with Crippen molar-refractivity contribution in [1.82, 2.24) is 10.3 Å². The van der Waals surface area contributed by atoms with Gasteiger partial charge in [-0.05, 0) is 46.5 Å². The van der Waals surface area contributed by atoms with Crippen molar-refractivity contribution in [3.63, 3.8) is 0 Å². The third-order valence-corrected chi connectivity index (χ3v) is 5.17. The fourth-order valence-corrected chi connectivity index (χ4v) is 3.85. The highest BCUT2D eigenvalue weighted by atomic mass is 32.1. The van der Waals surface area contributed by atoms with Crippen LogP contribution >= 0.6 is 11.3 Å². The molecule has 1 aromatic heterocycles. The molecule has 0 saturated carbocycles. The molecule has 1 aliphatic rings. The quantitative estimate of drug-likeness (QED) is 0.911. The fourth-order valence-electron chi connectivity index (χ4n) is 2.77. The molecule has 2 rings (SSSR count). The average Bonchev–Trinajstić information content (AvgIpc) is 2.91. The van der Waals surface area contributed by atoms with Gasteiger partial charge in [-0.15, -0.1) is 11.3 Å². The van der Waals surface area contributed by atoms with Crippen molar-refractivity contribution in [1.29, 1.82) is 0 Å². The number of nitrogens with one attached hydrogen (secondary N) is 1. The summed E-state index contributed by atoms with van der Waals surface area (Å²) in [5.74, 6) is 0.706. The van der Waals surface area contributed by atoms with Crippen LogP contribution in [0.4, 0.5) is 5.13 Å². The molecule has 1 atom stereocenters. The molecule has 114 valence electrons. The number of hydrogen-bond acceptors (Lipinski definition) is 4. The zero-order valence-corrected chi connectivity index (χ0v) is 14.6. The van der Waals surface area contributed by atoms with Gasteiger partial charge in [0.15, 0.2) is 5.13 Å². The summed E-state index contributed by atoms with van der Waals surface area (Å²) in [6.45, 7) is 15.5. The Morgan fingerprint density at radius 2 is 2.10 bits per heavy atom. The van der Waals surface area contributed by atoms with Gasteiger partial charge in [0, 0.05) is 29.5 Å². The van der Waals surface area contributed by atoms with Gasteiger partial charge in [-0.3, -0.25) is 0 Å². The predicted molar refractivity (Wildman–Crippen MR) is 88.6 cm³/mol. The Morgan fingerprint density at radius 1 is 1.40 bits per heavy atom. The predicted octanol–water partition coefficient (Wildman–Crippen LogP) is 3.96. The highest BCUT2D eigenvalue weighted by molar-refractivity contribution is 7.15. The number of nitrogens with zero attached hydrogens (tertiary/aromatic N) is 2. The van der Waals surface area contributed by atoms with E-state index in [1.807, 2.05) is 11.3 Å². The highest BCUT2D eigenvalue weighted by Crippen LogP contribution is 2.34. The molecule has 0 aliphatic carbocycles. The number of thiazole rings is 1.